The summed E-state index contributed by atoms with van der Waals surface area (Å²) < 4.78 is 0. The van der Waals surface area contributed by atoms with Crippen LogP contribution in [0.1, 0.15) is 12.5 Å². The molecule has 1 aliphatic rings. The number of aromatic nitrogens is 3. The quantitative estimate of drug-likeness (QED) is 0.310. The Balaban J connectivity index is 1.55. The first-order valence-corrected chi connectivity index (χ1v) is 9.24. The number of aryl methyl sites for hydroxylation is 1. The van der Waals surface area contributed by atoms with Gasteiger partial charge in [-0.3, -0.25) is 5.41 Å². The normalized spacial score (nSPS) is 16.8. The number of guanidine groups is 1. The van der Waals surface area contributed by atoms with E-state index in [2.05, 4.69) is 33.0 Å². The van der Waals surface area contributed by atoms with Crippen molar-refractivity contribution >= 4 is 28.5 Å². The second-order valence-electron chi connectivity index (χ2n) is 6.98. The summed E-state index contributed by atoms with van der Waals surface area (Å²) in [6.07, 6.45) is 5.67. The van der Waals surface area contributed by atoms with Gasteiger partial charge in [-0.25, -0.2) is 14.9 Å². The number of anilines is 2. The molecule has 0 radical (unpaired) electrons. The molecule has 0 spiro atoms. The van der Waals surface area contributed by atoms with Crippen molar-refractivity contribution in [2.45, 2.75) is 19.9 Å². The van der Waals surface area contributed by atoms with Gasteiger partial charge in [0.15, 0.2) is 6.19 Å². The van der Waals surface area contributed by atoms with E-state index in [1.807, 2.05) is 48.4 Å². The Bertz CT molecular complexity index is 1040. The summed E-state index contributed by atoms with van der Waals surface area (Å²) in [7, 11) is 0. The third-order valence-corrected chi connectivity index (χ3v) is 5.17. The maximum absolute atomic E-state index is 9.60. The van der Waals surface area contributed by atoms with E-state index >= 15 is 0 Å². The minimum absolute atomic E-state index is 0.0603. The average Bonchev–Trinajstić information content (AvgIpc) is 3.10. The number of rotatable bonds is 2. The molecule has 8 heteroatoms. The molecule has 3 heterocycles. The molecule has 1 aromatic carbocycles. The predicted molar refractivity (Wildman–Crippen MR) is 109 cm³/mol. The minimum Gasteiger partial charge on any atom is -0.352 e. The van der Waals surface area contributed by atoms with Gasteiger partial charge in [-0.15, -0.1) is 0 Å². The van der Waals surface area contributed by atoms with Crippen molar-refractivity contribution in [2.24, 2.45) is 0 Å². The van der Waals surface area contributed by atoms with Crippen molar-refractivity contribution in [3.8, 4) is 6.19 Å². The average molecular weight is 374 g/mol. The summed E-state index contributed by atoms with van der Waals surface area (Å²) in [5.41, 5.74) is 2.66. The highest BCUT2D eigenvalue weighted by atomic mass is 15.4. The van der Waals surface area contributed by atoms with E-state index in [0.29, 0.717) is 18.8 Å². The predicted octanol–water partition coefficient (Wildman–Crippen LogP) is 2.70. The topological polar surface area (TPSA) is 98.9 Å². The summed E-state index contributed by atoms with van der Waals surface area (Å²) in [5, 5.41) is 19.2. The molecule has 0 saturated carbocycles. The molecule has 28 heavy (non-hydrogen) atoms. The minimum atomic E-state index is 0.0603. The van der Waals surface area contributed by atoms with Crippen LogP contribution in [0.2, 0.25) is 0 Å². The van der Waals surface area contributed by atoms with Crippen LogP contribution in [0.25, 0.3) is 11.0 Å². The number of para-hydroxylation sites is 1. The van der Waals surface area contributed by atoms with Gasteiger partial charge in [0.05, 0.1) is 11.1 Å². The molecule has 8 nitrogen and oxygen atoms in total. The van der Waals surface area contributed by atoms with Crippen LogP contribution < -0.4 is 9.80 Å². The van der Waals surface area contributed by atoms with Crippen LogP contribution in [0.15, 0.2) is 42.9 Å². The van der Waals surface area contributed by atoms with Crippen molar-refractivity contribution in [1.29, 1.82) is 10.7 Å². The van der Waals surface area contributed by atoms with Gasteiger partial charge in [0.2, 0.25) is 5.96 Å². The number of H-pyrrole nitrogens is 1. The van der Waals surface area contributed by atoms with Gasteiger partial charge in [0.25, 0.3) is 0 Å². The summed E-state index contributed by atoms with van der Waals surface area (Å²) >= 11 is 0. The Morgan fingerprint density at radius 3 is 2.79 bits per heavy atom. The zero-order valence-electron chi connectivity index (χ0n) is 15.9. The molecule has 0 bridgehead atoms. The molecular formula is C20H22N8. The van der Waals surface area contributed by atoms with E-state index in [9.17, 15) is 5.26 Å². The van der Waals surface area contributed by atoms with E-state index in [0.717, 1.165) is 29.0 Å². The zero-order chi connectivity index (χ0) is 19.7. The lowest BCUT2D eigenvalue weighted by Crippen LogP contribution is -2.57. The van der Waals surface area contributed by atoms with Crippen LogP contribution in [0.5, 0.6) is 0 Å². The van der Waals surface area contributed by atoms with Gasteiger partial charge in [-0.05, 0) is 31.5 Å². The van der Waals surface area contributed by atoms with Gasteiger partial charge in [-0.1, -0.05) is 18.2 Å². The molecule has 1 saturated heterocycles. The van der Waals surface area contributed by atoms with Crippen LogP contribution in [0.4, 0.5) is 11.5 Å². The van der Waals surface area contributed by atoms with Crippen LogP contribution in [0.3, 0.4) is 0 Å². The van der Waals surface area contributed by atoms with Crippen molar-refractivity contribution in [2.75, 3.05) is 29.4 Å². The number of nitrogens with zero attached hydrogens (tertiary/aromatic N) is 6. The second kappa shape index (κ2) is 7.19. The molecule has 0 aliphatic carbocycles. The number of fused-ring (bicyclic) bond motifs is 1. The Morgan fingerprint density at radius 1 is 1.29 bits per heavy atom. The number of nitrogens with one attached hydrogen (secondary N) is 2. The monoisotopic (exact) mass is 374 g/mol. The van der Waals surface area contributed by atoms with Gasteiger partial charge < -0.3 is 14.8 Å². The maximum Gasteiger partial charge on any atom is 0.212 e. The van der Waals surface area contributed by atoms with Crippen LogP contribution in [-0.2, 0) is 0 Å². The summed E-state index contributed by atoms with van der Waals surface area (Å²) in [6, 6.07) is 9.37. The van der Waals surface area contributed by atoms with E-state index in [4.69, 9.17) is 5.41 Å². The number of piperazine rings is 1. The van der Waals surface area contributed by atoms with Crippen molar-refractivity contribution in [3.05, 3.63) is 48.4 Å². The van der Waals surface area contributed by atoms with Crippen LogP contribution in [0, 0.1) is 23.8 Å². The largest absolute Gasteiger partial charge is 0.352 e. The molecule has 4 rings (SSSR count). The van der Waals surface area contributed by atoms with E-state index < -0.39 is 0 Å². The highest BCUT2D eigenvalue weighted by molar-refractivity contribution is 5.97. The van der Waals surface area contributed by atoms with E-state index in [1.54, 1.807) is 6.33 Å². The second-order valence-corrected chi connectivity index (χ2v) is 6.98. The molecule has 0 unspecified atom stereocenters. The lowest BCUT2D eigenvalue weighted by atomic mass is 10.1. The van der Waals surface area contributed by atoms with E-state index in [1.165, 1.54) is 4.90 Å². The molecule has 1 aliphatic heterocycles. The Labute approximate surface area is 163 Å². The van der Waals surface area contributed by atoms with Crippen LogP contribution in [-0.4, -0.2) is 51.5 Å². The number of hydrogen-bond donors (Lipinski definition) is 2. The number of aromatic amines is 1. The van der Waals surface area contributed by atoms with Crippen molar-refractivity contribution < 1.29 is 0 Å². The number of hydrogen-bond acceptors (Lipinski definition) is 5. The van der Waals surface area contributed by atoms with E-state index in [-0.39, 0.29) is 12.0 Å². The fourth-order valence-corrected chi connectivity index (χ4v) is 3.73. The Morgan fingerprint density at radius 2 is 2.07 bits per heavy atom. The summed E-state index contributed by atoms with van der Waals surface area (Å²) in [5.74, 6) is 1.12. The van der Waals surface area contributed by atoms with Crippen molar-refractivity contribution in [3.63, 3.8) is 0 Å². The lowest BCUT2D eigenvalue weighted by Gasteiger charge is -2.42. The Kier molecular flexibility index (Phi) is 4.57. The highest BCUT2D eigenvalue weighted by Gasteiger charge is 2.30. The fourth-order valence-electron chi connectivity index (χ4n) is 3.73. The molecule has 2 aromatic heterocycles. The standard InChI is InChI=1S/C20H22N8/c1-14-10-23-18-17(14)19(25-13-24-18)26-8-9-27(15(2)11-26)20(22)28(12-21)16-6-4-3-5-7-16/h3-7,10,13,15,22H,8-9,11H2,1-2H3,(H,23,24,25)/t15-/m0/s1. The third-order valence-electron chi connectivity index (χ3n) is 5.17. The molecule has 0 amide bonds. The molecule has 3 aromatic rings. The smallest absolute Gasteiger partial charge is 0.212 e. The SMILES string of the molecule is Cc1c[nH]c2ncnc(N3CCN(C(=N)N(C#N)c4ccccc4)[C@@H](C)C3)c12. The number of benzene rings is 1. The first-order valence-electron chi connectivity index (χ1n) is 9.24. The van der Waals surface area contributed by atoms with Gasteiger partial charge in [-0.2, -0.15) is 5.26 Å². The molecule has 2 N–H and O–H groups in total. The van der Waals surface area contributed by atoms with Crippen molar-refractivity contribution in [1.82, 2.24) is 19.9 Å². The summed E-state index contributed by atoms with van der Waals surface area (Å²) in [6.45, 7) is 6.19. The molecule has 1 atom stereocenters. The molecular weight excluding hydrogens is 352 g/mol. The molecule has 142 valence electrons. The third kappa shape index (κ3) is 3.01. The number of nitriles is 1. The molecule has 1 fully saturated rings. The first kappa shape index (κ1) is 17.8. The summed E-state index contributed by atoms with van der Waals surface area (Å²) in [4.78, 5) is 17.6. The maximum atomic E-state index is 9.60. The zero-order valence-corrected chi connectivity index (χ0v) is 15.9. The Hall–Kier alpha value is -3.60. The van der Waals surface area contributed by atoms with Gasteiger partial charge in [0, 0.05) is 31.9 Å². The van der Waals surface area contributed by atoms with Crippen LogP contribution >= 0.6 is 0 Å². The lowest BCUT2D eigenvalue weighted by molar-refractivity contribution is 0.292. The fraction of sp³-hybridized carbons (Fsp3) is 0.300. The van der Waals surface area contributed by atoms with Gasteiger partial charge >= 0.3 is 0 Å². The first-order chi connectivity index (χ1) is 13.6. The highest BCUT2D eigenvalue weighted by Crippen LogP contribution is 2.28. The van der Waals surface area contributed by atoms with Gasteiger partial charge in [0.1, 0.15) is 17.8 Å².